The van der Waals surface area contributed by atoms with E-state index in [9.17, 15) is 0 Å². The van der Waals surface area contributed by atoms with Crippen LogP contribution in [0.4, 0.5) is 17.1 Å². The lowest BCUT2D eigenvalue weighted by Gasteiger charge is -2.44. The van der Waals surface area contributed by atoms with Crippen LogP contribution in [-0.4, -0.2) is 12.5 Å². The molecular weight excluding hydrogens is 491 g/mol. The number of para-hydroxylation sites is 2. The van der Waals surface area contributed by atoms with Gasteiger partial charge in [0.2, 0.25) is 0 Å². The Morgan fingerprint density at radius 2 is 1.30 bits per heavy atom. The van der Waals surface area contributed by atoms with E-state index in [1.54, 1.807) is 0 Å². The Hall–Kier alpha value is -4.77. The molecule has 10 rings (SSSR count). The molecule has 5 aromatic rings. The molecule has 4 nitrogen and oxygen atoms in total. The van der Waals surface area contributed by atoms with Gasteiger partial charge in [-0.15, -0.1) is 0 Å². The van der Waals surface area contributed by atoms with E-state index in [-0.39, 0.29) is 18.0 Å². The molecule has 0 aromatic heterocycles. The number of hydrogen-bond acceptors (Lipinski definition) is 4. The van der Waals surface area contributed by atoms with E-state index in [1.807, 2.05) is 0 Å². The Morgan fingerprint density at radius 1 is 0.675 bits per heavy atom. The molecule has 1 atom stereocenters. The number of rotatable bonds is 1. The molecule has 0 aliphatic carbocycles. The fourth-order valence-electron chi connectivity index (χ4n) is 7.91. The maximum Gasteiger partial charge on any atom is 0.261 e. The molecule has 0 bridgehead atoms. The summed E-state index contributed by atoms with van der Waals surface area (Å²) in [6.45, 7) is 4.72. The Labute approximate surface area is 232 Å². The molecule has 5 aliphatic rings. The molecule has 1 unspecified atom stereocenters. The first-order chi connectivity index (χ1) is 19.6. The topological polar surface area (TPSA) is 34.1 Å². The molecule has 0 radical (unpaired) electrons. The lowest BCUT2D eigenvalue weighted by molar-refractivity contribution is 0.460. The molecule has 188 valence electrons. The summed E-state index contributed by atoms with van der Waals surface area (Å²) in [5, 5.41) is 0. The molecule has 0 fully saturated rings. The van der Waals surface area contributed by atoms with Gasteiger partial charge >= 0.3 is 0 Å². The van der Waals surface area contributed by atoms with E-state index < -0.39 is 0 Å². The minimum atomic E-state index is -0.140. The van der Waals surface area contributed by atoms with Gasteiger partial charge in [0.1, 0.15) is 28.8 Å². The van der Waals surface area contributed by atoms with Gasteiger partial charge in [-0.25, -0.2) is 4.99 Å². The Balaban J connectivity index is 1.22. The summed E-state index contributed by atoms with van der Waals surface area (Å²) in [6.07, 6.45) is 0. The third-order valence-corrected chi connectivity index (χ3v) is 9.59. The van der Waals surface area contributed by atoms with Crippen LogP contribution in [0.15, 0.2) is 102 Å². The van der Waals surface area contributed by atoms with Gasteiger partial charge in [0.25, 0.3) is 6.71 Å². The van der Waals surface area contributed by atoms with E-state index in [1.165, 1.54) is 33.2 Å². The summed E-state index contributed by atoms with van der Waals surface area (Å²) in [7, 11) is 0. The molecule has 5 aromatic carbocycles. The average molecular weight is 514 g/mol. The van der Waals surface area contributed by atoms with Gasteiger partial charge in [-0.2, -0.15) is 0 Å². The second kappa shape index (κ2) is 6.86. The highest BCUT2D eigenvalue weighted by molar-refractivity contribution is 6.99. The Bertz CT molecular complexity index is 1950. The molecular formula is C35H23BN2O2. The van der Waals surface area contributed by atoms with E-state index in [0.29, 0.717) is 0 Å². The Morgan fingerprint density at radius 3 is 2.00 bits per heavy atom. The van der Waals surface area contributed by atoms with E-state index in [4.69, 9.17) is 14.5 Å². The number of ether oxygens (including phenoxy) is 2. The van der Waals surface area contributed by atoms with Crippen molar-refractivity contribution in [1.82, 2.24) is 0 Å². The van der Waals surface area contributed by atoms with Crippen LogP contribution in [0, 0.1) is 0 Å². The van der Waals surface area contributed by atoms with Gasteiger partial charge in [0.05, 0.1) is 23.0 Å². The van der Waals surface area contributed by atoms with E-state index in [2.05, 4.69) is 116 Å². The molecule has 40 heavy (non-hydrogen) atoms. The van der Waals surface area contributed by atoms with Crippen molar-refractivity contribution in [2.75, 3.05) is 4.90 Å². The normalized spacial score (nSPS) is 18.6. The fourth-order valence-corrected chi connectivity index (χ4v) is 7.91. The van der Waals surface area contributed by atoms with Crippen molar-refractivity contribution in [3.8, 4) is 23.0 Å². The maximum atomic E-state index is 6.76. The number of benzene rings is 5. The highest BCUT2D eigenvalue weighted by Crippen LogP contribution is 2.53. The van der Waals surface area contributed by atoms with Crippen LogP contribution in [0.3, 0.4) is 0 Å². The van der Waals surface area contributed by atoms with Crippen LogP contribution in [0.2, 0.25) is 0 Å². The lowest BCUT2D eigenvalue weighted by Crippen LogP contribution is -2.64. The van der Waals surface area contributed by atoms with Crippen molar-refractivity contribution >= 4 is 46.0 Å². The summed E-state index contributed by atoms with van der Waals surface area (Å²) < 4.78 is 13.5. The summed E-state index contributed by atoms with van der Waals surface area (Å²) in [5.74, 6) is 4.76. The van der Waals surface area contributed by atoms with Gasteiger partial charge in [-0.05, 0) is 57.4 Å². The highest BCUT2D eigenvalue weighted by Gasteiger charge is 2.50. The summed E-state index contributed by atoms with van der Waals surface area (Å²) in [4.78, 5) is 7.45. The number of hydrogen-bond donors (Lipinski definition) is 0. The Kier molecular flexibility index (Phi) is 3.62. The number of amidine groups is 1. The molecule has 5 heterocycles. The van der Waals surface area contributed by atoms with Crippen LogP contribution in [0.25, 0.3) is 0 Å². The first-order valence-corrected chi connectivity index (χ1v) is 14.0. The zero-order valence-corrected chi connectivity index (χ0v) is 22.1. The second-order valence-corrected chi connectivity index (χ2v) is 11.9. The number of aliphatic imine (C=N–C) groups is 1. The van der Waals surface area contributed by atoms with Crippen LogP contribution in [0.5, 0.6) is 23.0 Å². The van der Waals surface area contributed by atoms with Crippen molar-refractivity contribution in [1.29, 1.82) is 0 Å². The monoisotopic (exact) mass is 514 g/mol. The zero-order valence-electron chi connectivity index (χ0n) is 22.1. The number of nitrogens with zero attached hydrogens (tertiary/aromatic N) is 2. The maximum absolute atomic E-state index is 6.76. The van der Waals surface area contributed by atoms with Crippen LogP contribution in [0.1, 0.15) is 42.0 Å². The van der Waals surface area contributed by atoms with Gasteiger partial charge in [0, 0.05) is 23.0 Å². The molecule has 0 amide bonds. The van der Waals surface area contributed by atoms with Crippen molar-refractivity contribution in [3.63, 3.8) is 0 Å². The quantitative estimate of drug-likeness (QED) is 0.239. The molecule has 0 spiro atoms. The SMILES string of the molecule is CC1(C)c2cccc3c2B2c4c(cc(N5C6=Nc7ccccc7C6c6ccccc65)cc4Oc4cccc1c42)O3. The van der Waals surface area contributed by atoms with E-state index in [0.717, 1.165) is 51.4 Å². The van der Waals surface area contributed by atoms with E-state index >= 15 is 0 Å². The molecule has 0 saturated carbocycles. The number of anilines is 2. The molecule has 5 aliphatic heterocycles. The first-order valence-electron chi connectivity index (χ1n) is 14.0. The van der Waals surface area contributed by atoms with Gasteiger partial charge < -0.3 is 9.47 Å². The standard InChI is InChI=1S/C35H23BN2O2/c1-35(2)22-11-7-15-26-31(22)36-32-23(35)12-8-16-27(32)40-29-18-19(17-28(39-26)33(29)36)38-25-14-6-4-10-21(25)30-20-9-3-5-13-24(20)37-34(30)38/h3-18,30H,1-2H3. The number of fused-ring (bicyclic) bond motifs is 5. The minimum absolute atomic E-state index is 0.0960. The predicted molar refractivity (Wildman–Crippen MR) is 160 cm³/mol. The summed E-state index contributed by atoms with van der Waals surface area (Å²) >= 11 is 0. The molecule has 0 saturated heterocycles. The van der Waals surface area contributed by atoms with Crippen molar-refractivity contribution in [2.24, 2.45) is 4.99 Å². The lowest BCUT2D eigenvalue weighted by atomic mass is 9.30. The van der Waals surface area contributed by atoms with Crippen LogP contribution < -0.4 is 30.8 Å². The van der Waals surface area contributed by atoms with Crippen molar-refractivity contribution in [2.45, 2.75) is 25.2 Å². The minimum Gasteiger partial charge on any atom is -0.458 e. The third-order valence-electron chi connectivity index (χ3n) is 9.59. The summed E-state index contributed by atoms with van der Waals surface area (Å²) in [5.41, 5.74) is 11.9. The first kappa shape index (κ1) is 21.1. The van der Waals surface area contributed by atoms with Gasteiger partial charge in [-0.3, -0.25) is 4.90 Å². The average Bonchev–Trinajstić information content (AvgIpc) is 3.50. The smallest absolute Gasteiger partial charge is 0.261 e. The summed E-state index contributed by atoms with van der Waals surface area (Å²) in [6, 6.07) is 34.5. The molecule has 0 N–H and O–H groups in total. The van der Waals surface area contributed by atoms with Crippen LogP contribution in [-0.2, 0) is 5.41 Å². The largest absolute Gasteiger partial charge is 0.458 e. The van der Waals surface area contributed by atoms with Crippen molar-refractivity contribution in [3.05, 3.63) is 119 Å². The highest BCUT2D eigenvalue weighted by atomic mass is 16.5. The third kappa shape index (κ3) is 2.35. The second-order valence-electron chi connectivity index (χ2n) is 11.9. The van der Waals surface area contributed by atoms with Gasteiger partial charge in [-0.1, -0.05) is 74.5 Å². The molecule has 5 heteroatoms. The fraction of sp³-hybridized carbons (Fsp3) is 0.114. The predicted octanol–water partition coefficient (Wildman–Crippen LogP) is 6.38. The van der Waals surface area contributed by atoms with Crippen molar-refractivity contribution < 1.29 is 9.47 Å². The zero-order chi connectivity index (χ0) is 26.3. The van der Waals surface area contributed by atoms with Crippen LogP contribution >= 0.6 is 0 Å². The van der Waals surface area contributed by atoms with Gasteiger partial charge in [0.15, 0.2) is 0 Å².